The normalized spacial score (nSPS) is 17.0. The molecule has 0 aromatic heterocycles. The first-order valence-corrected chi connectivity index (χ1v) is 9.57. The molecule has 2 aliphatic rings. The number of esters is 1. The van der Waals surface area contributed by atoms with E-state index in [9.17, 15) is 19.5 Å². The number of methoxy groups -OCH3 is 1. The Kier molecular flexibility index (Phi) is 6.38. The van der Waals surface area contributed by atoms with Crippen LogP contribution >= 0.6 is 0 Å². The van der Waals surface area contributed by atoms with Crippen LogP contribution in [0.4, 0.5) is 11.4 Å². The van der Waals surface area contributed by atoms with Crippen LogP contribution in [0.3, 0.4) is 0 Å². The van der Waals surface area contributed by atoms with Crippen molar-refractivity contribution in [3.8, 4) is 0 Å². The summed E-state index contributed by atoms with van der Waals surface area (Å²) in [7, 11) is 1.22. The number of aliphatic hydroxyl groups excluding tert-OH is 1. The first-order chi connectivity index (χ1) is 14.0. The highest BCUT2D eigenvalue weighted by Crippen LogP contribution is 2.29. The van der Waals surface area contributed by atoms with Gasteiger partial charge in [-0.05, 0) is 37.5 Å². The molecule has 0 unspecified atom stereocenters. The summed E-state index contributed by atoms with van der Waals surface area (Å²) in [5.41, 5.74) is 1.34. The van der Waals surface area contributed by atoms with Crippen molar-refractivity contribution in [3.05, 3.63) is 35.0 Å². The lowest BCUT2D eigenvalue weighted by Gasteiger charge is -2.30. The van der Waals surface area contributed by atoms with Crippen LogP contribution in [-0.2, 0) is 14.3 Å². The summed E-state index contributed by atoms with van der Waals surface area (Å²) < 4.78 is 4.76. The summed E-state index contributed by atoms with van der Waals surface area (Å²) in [5, 5.41) is 21.7. The van der Waals surface area contributed by atoms with Gasteiger partial charge in [0.25, 0.3) is 5.91 Å². The third-order valence-corrected chi connectivity index (χ3v) is 5.15. The molecule has 0 saturated carbocycles. The summed E-state index contributed by atoms with van der Waals surface area (Å²) in [6, 6.07) is 4.89. The van der Waals surface area contributed by atoms with Crippen LogP contribution in [0, 0.1) is 0 Å². The minimum Gasteiger partial charge on any atom is -0.478 e. The molecule has 1 aromatic rings. The van der Waals surface area contributed by atoms with Crippen LogP contribution in [0.25, 0.3) is 0 Å². The molecule has 1 fully saturated rings. The molecular weight excluding hydrogens is 378 g/mol. The molecule has 3 N–H and O–H groups in total. The topological polar surface area (TPSA) is 119 Å². The second-order valence-corrected chi connectivity index (χ2v) is 7.01. The third-order valence-electron chi connectivity index (χ3n) is 5.15. The number of amides is 1. The molecule has 0 aliphatic carbocycles. The third kappa shape index (κ3) is 4.34. The van der Waals surface area contributed by atoms with Gasteiger partial charge in [0.05, 0.1) is 37.1 Å². The number of carbonyl (C=O) groups is 3. The molecule has 9 heteroatoms. The van der Waals surface area contributed by atoms with Crippen LogP contribution in [-0.4, -0.2) is 72.9 Å². The number of hydrogen-bond acceptors (Lipinski definition) is 7. The predicted molar refractivity (Wildman–Crippen MR) is 106 cm³/mol. The zero-order valence-electron chi connectivity index (χ0n) is 16.3. The number of β-amino-alcohol motifs (C(OH)–C–C–N with tert-alkyl or cyclic N) is 1. The Bertz CT molecular complexity index is 845. The van der Waals surface area contributed by atoms with Gasteiger partial charge in [-0.15, -0.1) is 0 Å². The molecule has 0 atom stereocenters. The van der Waals surface area contributed by atoms with E-state index in [-0.39, 0.29) is 36.5 Å². The summed E-state index contributed by atoms with van der Waals surface area (Å²) in [6.45, 7) is 1.48. The molecule has 29 heavy (non-hydrogen) atoms. The minimum atomic E-state index is -1.06. The van der Waals surface area contributed by atoms with Crippen LogP contribution in [0.2, 0.25) is 0 Å². The van der Waals surface area contributed by atoms with Crippen molar-refractivity contribution in [1.82, 2.24) is 4.90 Å². The largest absolute Gasteiger partial charge is 0.478 e. The fourth-order valence-electron chi connectivity index (χ4n) is 3.69. The lowest BCUT2D eigenvalue weighted by atomic mass is 10.1. The van der Waals surface area contributed by atoms with Gasteiger partial charge in [0.2, 0.25) is 0 Å². The Balaban J connectivity index is 1.91. The number of aliphatic hydroxyl groups is 1. The highest BCUT2D eigenvalue weighted by atomic mass is 16.5. The number of anilines is 2. The number of carboxylic acids is 1. The van der Waals surface area contributed by atoms with E-state index in [1.807, 2.05) is 0 Å². The molecule has 156 valence electrons. The Labute approximate surface area is 168 Å². The molecule has 9 nitrogen and oxygen atoms in total. The predicted octanol–water partition coefficient (Wildman–Crippen LogP) is 1.05. The number of piperidine rings is 1. The van der Waals surface area contributed by atoms with Gasteiger partial charge < -0.3 is 30.1 Å². The first kappa shape index (κ1) is 20.7. The maximum atomic E-state index is 12.6. The number of carbonyl (C=O) groups excluding carboxylic acids is 2. The Morgan fingerprint density at radius 2 is 1.93 bits per heavy atom. The molecule has 0 radical (unpaired) electrons. The van der Waals surface area contributed by atoms with E-state index in [1.54, 1.807) is 12.1 Å². The van der Waals surface area contributed by atoms with Crippen molar-refractivity contribution in [2.45, 2.75) is 19.3 Å². The summed E-state index contributed by atoms with van der Waals surface area (Å²) >= 11 is 0. The van der Waals surface area contributed by atoms with Crippen molar-refractivity contribution in [1.29, 1.82) is 0 Å². The molecule has 0 spiro atoms. The van der Waals surface area contributed by atoms with E-state index in [0.717, 1.165) is 32.4 Å². The zero-order chi connectivity index (χ0) is 21.0. The summed E-state index contributed by atoms with van der Waals surface area (Å²) in [5.74, 6) is -2.16. The summed E-state index contributed by atoms with van der Waals surface area (Å²) in [4.78, 5) is 39.9. The molecule has 1 aromatic carbocycles. The van der Waals surface area contributed by atoms with E-state index in [2.05, 4.69) is 10.2 Å². The number of nitrogens with one attached hydrogen (secondary N) is 1. The maximum absolute atomic E-state index is 12.6. The van der Waals surface area contributed by atoms with Gasteiger partial charge in [0, 0.05) is 25.3 Å². The fraction of sp³-hybridized carbons (Fsp3) is 0.450. The number of aromatic carboxylic acids is 1. The average molecular weight is 403 g/mol. The van der Waals surface area contributed by atoms with E-state index in [1.165, 1.54) is 18.1 Å². The molecular formula is C20H25N3O6. The van der Waals surface area contributed by atoms with Gasteiger partial charge in [-0.1, -0.05) is 0 Å². The van der Waals surface area contributed by atoms with Crippen molar-refractivity contribution in [2.75, 3.05) is 50.1 Å². The number of nitrogens with zero attached hydrogens (tertiary/aromatic N) is 2. The zero-order valence-corrected chi connectivity index (χ0v) is 16.3. The van der Waals surface area contributed by atoms with Gasteiger partial charge in [-0.25, -0.2) is 9.59 Å². The SMILES string of the molecule is COC(=O)C1=C(Nc2ccc(N3CCCCC3)c(C(=O)O)c2)C(=O)N(CCO)C1. The monoisotopic (exact) mass is 403 g/mol. The minimum absolute atomic E-state index is 0.0199. The van der Waals surface area contributed by atoms with Crippen molar-refractivity contribution in [2.24, 2.45) is 0 Å². The molecule has 1 amide bonds. The smallest absolute Gasteiger partial charge is 0.337 e. The fourth-order valence-corrected chi connectivity index (χ4v) is 3.69. The Morgan fingerprint density at radius 1 is 1.21 bits per heavy atom. The number of carboxylic acid groups (broad SMARTS) is 1. The lowest BCUT2D eigenvalue weighted by molar-refractivity contribution is -0.136. The van der Waals surface area contributed by atoms with E-state index in [4.69, 9.17) is 9.84 Å². The first-order valence-electron chi connectivity index (χ1n) is 9.57. The van der Waals surface area contributed by atoms with Crippen LogP contribution < -0.4 is 10.2 Å². The molecule has 1 saturated heterocycles. The second-order valence-electron chi connectivity index (χ2n) is 7.01. The highest BCUT2D eigenvalue weighted by Gasteiger charge is 2.34. The van der Waals surface area contributed by atoms with Gasteiger partial charge >= 0.3 is 11.9 Å². The lowest BCUT2D eigenvalue weighted by Crippen LogP contribution is -2.31. The van der Waals surface area contributed by atoms with Crippen molar-refractivity contribution >= 4 is 29.2 Å². The van der Waals surface area contributed by atoms with E-state index in [0.29, 0.717) is 11.4 Å². The van der Waals surface area contributed by atoms with Crippen molar-refractivity contribution in [3.63, 3.8) is 0 Å². The Hall–Kier alpha value is -3.07. The van der Waals surface area contributed by atoms with Gasteiger partial charge in [-0.3, -0.25) is 4.79 Å². The second kappa shape index (κ2) is 8.95. The number of rotatable bonds is 7. The Morgan fingerprint density at radius 3 is 2.55 bits per heavy atom. The van der Waals surface area contributed by atoms with Crippen LogP contribution in [0.5, 0.6) is 0 Å². The highest BCUT2D eigenvalue weighted by molar-refractivity contribution is 6.08. The number of hydrogen-bond donors (Lipinski definition) is 3. The standard InChI is InChI=1S/C20H25N3O6/c1-29-20(28)15-12-23(9-10-24)18(25)17(15)21-13-5-6-16(14(11-13)19(26)27)22-7-3-2-4-8-22/h5-6,11,21,24H,2-4,7-10,12H2,1H3,(H,26,27). The molecule has 2 heterocycles. The van der Waals surface area contributed by atoms with Gasteiger partial charge in [0.15, 0.2) is 0 Å². The molecule has 0 bridgehead atoms. The number of ether oxygens (including phenoxy) is 1. The average Bonchev–Trinajstić information content (AvgIpc) is 3.04. The van der Waals surface area contributed by atoms with Gasteiger partial charge in [0.1, 0.15) is 5.70 Å². The quantitative estimate of drug-likeness (QED) is 0.578. The van der Waals surface area contributed by atoms with Crippen LogP contribution in [0.1, 0.15) is 29.6 Å². The summed E-state index contributed by atoms with van der Waals surface area (Å²) in [6.07, 6.45) is 3.17. The van der Waals surface area contributed by atoms with Crippen molar-refractivity contribution < 1.29 is 29.3 Å². The maximum Gasteiger partial charge on any atom is 0.337 e. The van der Waals surface area contributed by atoms with Gasteiger partial charge in [-0.2, -0.15) is 0 Å². The van der Waals surface area contributed by atoms with Crippen LogP contribution in [0.15, 0.2) is 29.5 Å². The molecule has 3 rings (SSSR count). The van der Waals surface area contributed by atoms with E-state index < -0.39 is 17.8 Å². The molecule has 2 aliphatic heterocycles. The number of benzene rings is 1. The van der Waals surface area contributed by atoms with E-state index >= 15 is 0 Å².